The highest BCUT2D eigenvalue weighted by Crippen LogP contribution is 2.33. The molecule has 3 aromatic rings. The van der Waals surface area contributed by atoms with Crippen molar-refractivity contribution in [3.63, 3.8) is 0 Å². The molecule has 0 saturated carbocycles. The van der Waals surface area contributed by atoms with E-state index < -0.39 is 5.97 Å². The first-order valence-corrected chi connectivity index (χ1v) is 10.2. The Morgan fingerprint density at radius 1 is 0.758 bits per heavy atom. The summed E-state index contributed by atoms with van der Waals surface area (Å²) in [7, 11) is 4.59. The number of carbonyl (C=O) groups excluding carboxylic acids is 1. The number of rotatable bonds is 7. The monoisotopic (exact) mass is 443 g/mol. The lowest BCUT2D eigenvalue weighted by molar-refractivity contribution is 0.0729. The van der Waals surface area contributed by atoms with Gasteiger partial charge in [0.25, 0.3) is 0 Å². The smallest absolute Gasteiger partial charge is 0.343 e. The zero-order chi connectivity index (χ0) is 24.0. The normalized spacial score (nSPS) is 10.8. The van der Waals surface area contributed by atoms with Gasteiger partial charge < -0.3 is 18.9 Å². The molecule has 3 aromatic carbocycles. The second kappa shape index (κ2) is 10.4. The average molecular weight is 443 g/mol. The largest absolute Gasteiger partial charge is 0.493 e. The van der Waals surface area contributed by atoms with E-state index in [0.717, 1.165) is 11.1 Å². The Balaban J connectivity index is 1.89. The molecule has 0 radical (unpaired) electrons. The van der Waals surface area contributed by atoms with E-state index in [0.29, 0.717) is 45.3 Å². The van der Waals surface area contributed by atoms with Crippen LogP contribution in [0.3, 0.4) is 0 Å². The molecule has 0 aliphatic rings. The fraction of sp³-hybridized carbons (Fsp3) is 0.185. The van der Waals surface area contributed by atoms with Crippen molar-refractivity contribution in [2.24, 2.45) is 0 Å². The summed E-state index contributed by atoms with van der Waals surface area (Å²) in [5.41, 5.74) is 4.39. The Kier molecular flexibility index (Phi) is 7.37. The molecule has 0 atom stereocenters. The van der Waals surface area contributed by atoms with Gasteiger partial charge in [0.05, 0.1) is 38.5 Å². The van der Waals surface area contributed by atoms with Crippen molar-refractivity contribution in [3.05, 3.63) is 82.4 Å². The Labute approximate surface area is 193 Å². The predicted octanol–water partition coefficient (Wildman–Crippen LogP) is 5.61. The van der Waals surface area contributed by atoms with Gasteiger partial charge in [-0.3, -0.25) is 0 Å². The molecule has 0 N–H and O–H groups in total. The summed E-state index contributed by atoms with van der Waals surface area (Å²) in [5.74, 6) is 1.31. The SMILES string of the molecule is COc1ccc(/C(C#N)=C\c2ccc(OC(=O)c3ccc(C)c(C)c3)c(OC)c2)cc1OC. The minimum Gasteiger partial charge on any atom is -0.493 e. The van der Waals surface area contributed by atoms with Gasteiger partial charge in [0.2, 0.25) is 0 Å². The maximum Gasteiger partial charge on any atom is 0.343 e. The number of hydrogen-bond donors (Lipinski definition) is 0. The molecule has 6 heteroatoms. The van der Waals surface area contributed by atoms with Crippen molar-refractivity contribution >= 4 is 17.6 Å². The maximum atomic E-state index is 12.6. The number of nitriles is 1. The highest BCUT2D eigenvalue weighted by atomic mass is 16.6. The summed E-state index contributed by atoms with van der Waals surface area (Å²) in [5, 5.41) is 9.71. The first-order chi connectivity index (χ1) is 15.9. The van der Waals surface area contributed by atoms with Gasteiger partial charge in [-0.05, 0) is 84.6 Å². The van der Waals surface area contributed by atoms with Gasteiger partial charge >= 0.3 is 5.97 Å². The van der Waals surface area contributed by atoms with Crippen molar-refractivity contribution in [2.45, 2.75) is 13.8 Å². The number of allylic oxidation sites excluding steroid dienone is 1. The number of carbonyl (C=O) groups is 1. The molecular weight excluding hydrogens is 418 g/mol. The molecule has 168 valence electrons. The molecule has 0 heterocycles. The van der Waals surface area contributed by atoms with Crippen molar-refractivity contribution in [1.82, 2.24) is 0 Å². The highest BCUT2D eigenvalue weighted by molar-refractivity contribution is 5.92. The minimum absolute atomic E-state index is 0.294. The Bertz CT molecular complexity index is 1250. The summed E-state index contributed by atoms with van der Waals surface area (Å²) in [6, 6.07) is 18.0. The number of hydrogen-bond acceptors (Lipinski definition) is 6. The zero-order valence-electron chi connectivity index (χ0n) is 19.3. The van der Waals surface area contributed by atoms with Gasteiger partial charge in [-0.2, -0.15) is 5.26 Å². The summed E-state index contributed by atoms with van der Waals surface area (Å²) >= 11 is 0. The van der Waals surface area contributed by atoms with Gasteiger partial charge in [0.15, 0.2) is 23.0 Å². The van der Waals surface area contributed by atoms with Crippen LogP contribution >= 0.6 is 0 Å². The molecular formula is C27H25NO5. The molecule has 6 nitrogen and oxygen atoms in total. The minimum atomic E-state index is -0.470. The molecule has 0 amide bonds. The third kappa shape index (κ3) is 5.34. The van der Waals surface area contributed by atoms with Gasteiger partial charge in [0, 0.05) is 0 Å². The molecule has 0 aliphatic carbocycles. The van der Waals surface area contributed by atoms with E-state index in [1.165, 1.54) is 7.11 Å². The second-order valence-electron chi connectivity index (χ2n) is 7.34. The van der Waals surface area contributed by atoms with E-state index in [9.17, 15) is 10.1 Å². The van der Waals surface area contributed by atoms with Crippen LogP contribution in [0.25, 0.3) is 11.6 Å². The number of ether oxygens (including phenoxy) is 4. The van der Waals surface area contributed by atoms with Crippen LogP contribution in [-0.2, 0) is 0 Å². The number of nitrogens with zero attached hydrogens (tertiary/aromatic N) is 1. The van der Waals surface area contributed by atoms with Crippen molar-refractivity contribution in [3.8, 4) is 29.1 Å². The first kappa shape index (κ1) is 23.4. The lowest BCUT2D eigenvalue weighted by Crippen LogP contribution is -2.09. The Hall–Kier alpha value is -4.24. The van der Waals surface area contributed by atoms with Crippen LogP contribution < -0.4 is 18.9 Å². The van der Waals surface area contributed by atoms with Crippen LogP contribution in [0, 0.1) is 25.2 Å². The Morgan fingerprint density at radius 3 is 2.03 bits per heavy atom. The van der Waals surface area contributed by atoms with Crippen LogP contribution in [0.5, 0.6) is 23.0 Å². The summed E-state index contributed by atoms with van der Waals surface area (Å²) in [6.07, 6.45) is 1.72. The molecule has 0 spiro atoms. The predicted molar refractivity (Wildman–Crippen MR) is 127 cm³/mol. The lowest BCUT2D eigenvalue weighted by Gasteiger charge is -2.11. The van der Waals surface area contributed by atoms with Crippen LogP contribution in [0.1, 0.15) is 32.6 Å². The second-order valence-corrected chi connectivity index (χ2v) is 7.34. The van der Waals surface area contributed by atoms with Crippen LogP contribution in [0.15, 0.2) is 54.6 Å². The molecule has 0 unspecified atom stereocenters. The van der Waals surface area contributed by atoms with Gasteiger partial charge in [0.1, 0.15) is 0 Å². The molecule has 33 heavy (non-hydrogen) atoms. The van der Waals surface area contributed by atoms with Gasteiger partial charge in [-0.1, -0.05) is 12.1 Å². The standard InChI is InChI=1S/C27H25NO5/c1-17-6-8-21(12-18(17)2)27(29)33-24-10-7-19(14-25(24)31-4)13-22(16-28)20-9-11-23(30-3)26(15-20)32-5/h6-15H,1-5H3/b22-13-. The molecule has 3 rings (SSSR count). The highest BCUT2D eigenvalue weighted by Gasteiger charge is 2.14. The molecule has 0 aromatic heterocycles. The number of benzene rings is 3. The lowest BCUT2D eigenvalue weighted by atomic mass is 10.0. The van der Waals surface area contributed by atoms with Crippen LogP contribution in [0.4, 0.5) is 0 Å². The fourth-order valence-corrected chi connectivity index (χ4v) is 3.24. The fourth-order valence-electron chi connectivity index (χ4n) is 3.24. The van der Waals surface area contributed by atoms with E-state index >= 15 is 0 Å². The first-order valence-electron chi connectivity index (χ1n) is 10.2. The molecule has 0 saturated heterocycles. The van der Waals surface area contributed by atoms with Gasteiger partial charge in [-0.15, -0.1) is 0 Å². The van der Waals surface area contributed by atoms with Crippen molar-refractivity contribution in [2.75, 3.05) is 21.3 Å². The molecule has 0 aliphatic heterocycles. The third-order valence-corrected chi connectivity index (χ3v) is 5.26. The van der Waals surface area contributed by atoms with Gasteiger partial charge in [-0.25, -0.2) is 4.79 Å². The van der Waals surface area contributed by atoms with Crippen LogP contribution in [0.2, 0.25) is 0 Å². The average Bonchev–Trinajstić information content (AvgIpc) is 2.84. The van der Waals surface area contributed by atoms with E-state index in [1.54, 1.807) is 68.8 Å². The van der Waals surface area contributed by atoms with E-state index in [2.05, 4.69) is 6.07 Å². The number of methoxy groups -OCH3 is 3. The Morgan fingerprint density at radius 2 is 1.39 bits per heavy atom. The molecule has 0 fully saturated rings. The third-order valence-electron chi connectivity index (χ3n) is 5.26. The summed E-state index contributed by atoms with van der Waals surface area (Å²) < 4.78 is 21.6. The van der Waals surface area contributed by atoms with Crippen molar-refractivity contribution in [1.29, 1.82) is 5.26 Å². The summed E-state index contributed by atoms with van der Waals surface area (Å²) in [6.45, 7) is 3.93. The molecule has 0 bridgehead atoms. The zero-order valence-corrected chi connectivity index (χ0v) is 19.3. The van der Waals surface area contributed by atoms with E-state index in [4.69, 9.17) is 18.9 Å². The summed E-state index contributed by atoms with van der Waals surface area (Å²) in [4.78, 5) is 12.6. The topological polar surface area (TPSA) is 77.8 Å². The van der Waals surface area contributed by atoms with E-state index in [-0.39, 0.29) is 0 Å². The number of aryl methyl sites for hydroxylation is 2. The van der Waals surface area contributed by atoms with E-state index in [1.807, 2.05) is 19.9 Å². The number of esters is 1. The van der Waals surface area contributed by atoms with Crippen molar-refractivity contribution < 1.29 is 23.7 Å². The maximum absolute atomic E-state index is 12.6. The van der Waals surface area contributed by atoms with Crippen LogP contribution in [-0.4, -0.2) is 27.3 Å². The quantitative estimate of drug-likeness (QED) is 0.204.